The summed E-state index contributed by atoms with van der Waals surface area (Å²) in [6.45, 7) is 1.14. The smallest absolute Gasteiger partial charge is 0.339 e. The van der Waals surface area contributed by atoms with E-state index in [9.17, 15) is 18.4 Å². The molecule has 3 heterocycles. The molecule has 1 amide bonds. The van der Waals surface area contributed by atoms with Crippen LogP contribution in [0.15, 0.2) is 36.7 Å². The van der Waals surface area contributed by atoms with Crippen LogP contribution in [0.25, 0.3) is 0 Å². The number of hydrogen-bond donors (Lipinski definition) is 1. The summed E-state index contributed by atoms with van der Waals surface area (Å²) in [5.41, 5.74) is 1.22. The second-order valence-electron chi connectivity index (χ2n) is 8.65. The fraction of sp³-hybridized carbons (Fsp3) is 0.435. The summed E-state index contributed by atoms with van der Waals surface area (Å²) in [6, 6.07) is 5.09. The number of anilines is 1. The summed E-state index contributed by atoms with van der Waals surface area (Å²) in [6.07, 6.45) is 6.43. The molecule has 1 aromatic heterocycles. The first kappa shape index (κ1) is 19.9. The van der Waals surface area contributed by atoms with Gasteiger partial charge < -0.3 is 15.0 Å². The number of esters is 1. The molecule has 162 valence electrons. The summed E-state index contributed by atoms with van der Waals surface area (Å²) < 4.78 is 32.7. The minimum absolute atomic E-state index is 0.0112. The second-order valence-corrected chi connectivity index (χ2v) is 8.65. The van der Waals surface area contributed by atoms with Crippen LogP contribution in [0.3, 0.4) is 0 Å². The molecular formula is C23H23F2N3O3. The van der Waals surface area contributed by atoms with E-state index in [-0.39, 0.29) is 23.8 Å². The highest BCUT2D eigenvalue weighted by atomic mass is 19.1. The van der Waals surface area contributed by atoms with Crippen LogP contribution in [0.1, 0.15) is 48.0 Å². The summed E-state index contributed by atoms with van der Waals surface area (Å²) >= 11 is 0. The highest BCUT2D eigenvalue weighted by molar-refractivity contribution is 5.94. The Morgan fingerprint density at radius 1 is 1.16 bits per heavy atom. The van der Waals surface area contributed by atoms with Crippen LogP contribution in [-0.2, 0) is 15.1 Å². The number of carbonyl (C=O) groups is 2. The Labute approximate surface area is 178 Å². The number of hydrogen-bond acceptors (Lipinski definition) is 5. The van der Waals surface area contributed by atoms with Crippen LogP contribution < -0.4 is 10.2 Å². The minimum atomic E-state index is -0.664. The molecule has 1 saturated carbocycles. The van der Waals surface area contributed by atoms with Crippen LogP contribution in [0, 0.1) is 17.6 Å². The molecule has 1 saturated heterocycles. The lowest BCUT2D eigenvalue weighted by molar-refractivity contribution is -0.128. The number of amides is 1. The zero-order valence-corrected chi connectivity index (χ0v) is 16.9. The zero-order chi connectivity index (χ0) is 21.6. The van der Waals surface area contributed by atoms with E-state index in [1.807, 2.05) is 4.90 Å². The first-order chi connectivity index (χ1) is 14.9. The van der Waals surface area contributed by atoms with Crippen molar-refractivity contribution in [3.8, 4) is 0 Å². The molecule has 2 fully saturated rings. The fourth-order valence-electron chi connectivity index (χ4n) is 5.09. The number of ether oxygens (including phenoxy) is 1. The lowest BCUT2D eigenvalue weighted by Crippen LogP contribution is -2.43. The van der Waals surface area contributed by atoms with E-state index in [2.05, 4.69) is 10.3 Å². The highest BCUT2D eigenvalue weighted by Crippen LogP contribution is 2.47. The molecule has 5 rings (SSSR count). The van der Waals surface area contributed by atoms with Crippen LogP contribution >= 0.6 is 0 Å². The molecule has 2 aromatic rings. The average Bonchev–Trinajstić information content (AvgIpc) is 3.31. The van der Waals surface area contributed by atoms with Gasteiger partial charge in [-0.2, -0.15) is 0 Å². The Morgan fingerprint density at radius 3 is 2.65 bits per heavy atom. The molecule has 1 N–H and O–H groups in total. The largest absolute Gasteiger partial charge is 0.450 e. The second kappa shape index (κ2) is 7.59. The maximum atomic E-state index is 13.5. The minimum Gasteiger partial charge on any atom is -0.450 e. The summed E-state index contributed by atoms with van der Waals surface area (Å²) in [5, 5.41) is 3.10. The average molecular weight is 427 g/mol. The standard InChI is InChI=1S/C23H23F2N3O3/c24-15-9-16(25)11-18(10-15)28-8-4-17(13-28)27-21(29)14-1-5-23(6-2-14)20-12-26-7-3-19(20)22(30)31-23/h3,7,9-12,14,17H,1-2,4-6,8,13H2,(H,27,29)/t14-,17-,23+/m0/s1. The lowest BCUT2D eigenvalue weighted by Gasteiger charge is -2.36. The molecule has 2 aliphatic heterocycles. The van der Waals surface area contributed by atoms with Crippen molar-refractivity contribution in [2.75, 3.05) is 18.0 Å². The molecule has 1 aliphatic carbocycles. The fourth-order valence-corrected chi connectivity index (χ4v) is 5.09. The first-order valence-electron chi connectivity index (χ1n) is 10.6. The van der Waals surface area contributed by atoms with Gasteiger partial charge in [0.05, 0.1) is 5.56 Å². The van der Waals surface area contributed by atoms with Crippen molar-refractivity contribution >= 4 is 17.6 Å². The Bertz CT molecular complexity index is 1020. The van der Waals surface area contributed by atoms with Crippen molar-refractivity contribution in [1.82, 2.24) is 10.3 Å². The van der Waals surface area contributed by atoms with Crippen molar-refractivity contribution in [2.24, 2.45) is 5.92 Å². The van der Waals surface area contributed by atoms with Crippen LogP contribution in [-0.4, -0.2) is 36.0 Å². The van der Waals surface area contributed by atoms with Gasteiger partial charge in [0.1, 0.15) is 17.2 Å². The van der Waals surface area contributed by atoms with E-state index in [1.165, 1.54) is 12.1 Å². The van der Waals surface area contributed by atoms with Gasteiger partial charge in [-0.15, -0.1) is 0 Å². The van der Waals surface area contributed by atoms with Gasteiger partial charge in [0.15, 0.2) is 0 Å². The number of carbonyl (C=O) groups excluding carboxylic acids is 2. The predicted octanol–water partition coefficient (Wildman–Crippen LogP) is 3.31. The van der Waals surface area contributed by atoms with E-state index in [0.29, 0.717) is 50.0 Å². The molecule has 0 bridgehead atoms. The van der Waals surface area contributed by atoms with Gasteiger partial charge in [-0.25, -0.2) is 13.6 Å². The third kappa shape index (κ3) is 3.64. The first-order valence-corrected chi connectivity index (χ1v) is 10.6. The van der Waals surface area contributed by atoms with Gasteiger partial charge in [-0.05, 0) is 50.3 Å². The Hall–Kier alpha value is -3.03. The molecule has 6 nitrogen and oxygen atoms in total. The van der Waals surface area contributed by atoms with E-state index in [4.69, 9.17) is 4.74 Å². The number of nitrogens with one attached hydrogen (secondary N) is 1. The molecule has 8 heteroatoms. The number of halogens is 2. The number of nitrogens with zero attached hydrogens (tertiary/aromatic N) is 2. The van der Waals surface area contributed by atoms with E-state index in [1.54, 1.807) is 18.5 Å². The lowest BCUT2D eigenvalue weighted by atomic mass is 9.75. The van der Waals surface area contributed by atoms with Gasteiger partial charge in [-0.3, -0.25) is 9.78 Å². The highest BCUT2D eigenvalue weighted by Gasteiger charge is 2.48. The molecule has 1 atom stereocenters. The van der Waals surface area contributed by atoms with Gasteiger partial charge >= 0.3 is 5.97 Å². The monoisotopic (exact) mass is 427 g/mol. The van der Waals surface area contributed by atoms with Crippen LogP contribution in [0.4, 0.5) is 14.5 Å². The van der Waals surface area contributed by atoms with Crippen molar-refractivity contribution in [3.63, 3.8) is 0 Å². The summed E-state index contributed by atoms with van der Waals surface area (Å²) in [4.78, 5) is 31.1. The SMILES string of the molecule is O=C1O[C@]2(CC[C@@H](C(=O)N[C@H]3CCN(c4cc(F)cc(F)c4)C3)CC2)c2cnccc21. The van der Waals surface area contributed by atoms with Crippen LogP contribution in [0.5, 0.6) is 0 Å². The quantitative estimate of drug-likeness (QED) is 0.761. The van der Waals surface area contributed by atoms with Crippen LogP contribution in [0.2, 0.25) is 0 Å². The van der Waals surface area contributed by atoms with Crippen molar-refractivity contribution in [2.45, 2.75) is 43.7 Å². The Kier molecular flexibility index (Phi) is 4.87. The van der Waals surface area contributed by atoms with Gasteiger partial charge in [-0.1, -0.05) is 0 Å². The topological polar surface area (TPSA) is 71.5 Å². The number of benzene rings is 1. The van der Waals surface area contributed by atoms with E-state index < -0.39 is 17.2 Å². The number of rotatable bonds is 3. The molecule has 0 unspecified atom stereocenters. The molecule has 3 aliphatic rings. The molecule has 1 spiro atoms. The van der Waals surface area contributed by atoms with Crippen molar-refractivity contribution < 1.29 is 23.1 Å². The zero-order valence-electron chi connectivity index (χ0n) is 16.9. The van der Waals surface area contributed by atoms with E-state index in [0.717, 1.165) is 18.1 Å². The number of aromatic nitrogens is 1. The maximum Gasteiger partial charge on any atom is 0.339 e. The molecule has 0 radical (unpaired) electrons. The normalized spacial score (nSPS) is 27.3. The third-order valence-corrected chi connectivity index (χ3v) is 6.73. The van der Waals surface area contributed by atoms with Gasteiger partial charge in [0.25, 0.3) is 0 Å². The van der Waals surface area contributed by atoms with Crippen molar-refractivity contribution in [1.29, 1.82) is 0 Å². The predicted molar refractivity (Wildman–Crippen MR) is 108 cm³/mol. The summed E-state index contributed by atoms with van der Waals surface area (Å²) in [7, 11) is 0. The third-order valence-electron chi connectivity index (χ3n) is 6.73. The molecule has 31 heavy (non-hydrogen) atoms. The number of pyridine rings is 1. The maximum absolute atomic E-state index is 13.5. The van der Waals surface area contributed by atoms with Crippen molar-refractivity contribution in [3.05, 3.63) is 59.4 Å². The molecule has 1 aromatic carbocycles. The van der Waals surface area contributed by atoms with Gasteiger partial charge in [0, 0.05) is 54.8 Å². The summed E-state index contributed by atoms with van der Waals surface area (Å²) in [5.74, 6) is -1.69. The Balaban J connectivity index is 1.18. The molecular weight excluding hydrogens is 404 g/mol. The Morgan fingerprint density at radius 2 is 1.90 bits per heavy atom. The van der Waals surface area contributed by atoms with E-state index >= 15 is 0 Å². The number of fused-ring (bicyclic) bond motifs is 2. The van der Waals surface area contributed by atoms with Gasteiger partial charge in [0.2, 0.25) is 5.91 Å².